The molecule has 10 heteroatoms. The summed E-state index contributed by atoms with van der Waals surface area (Å²) in [6.07, 6.45) is -0.527. The first-order valence-corrected chi connectivity index (χ1v) is 13.4. The number of fused-ring (bicyclic) bond motifs is 1. The summed E-state index contributed by atoms with van der Waals surface area (Å²) >= 11 is 6.83. The van der Waals surface area contributed by atoms with Gasteiger partial charge in [-0.1, -0.05) is 41.9 Å². The van der Waals surface area contributed by atoms with Crippen LogP contribution in [0.4, 0.5) is 0 Å². The van der Waals surface area contributed by atoms with Crippen LogP contribution in [0.2, 0.25) is 4.34 Å². The Morgan fingerprint density at radius 1 is 1.15 bits per heavy atom. The van der Waals surface area contributed by atoms with Gasteiger partial charge in [-0.05, 0) is 56.2 Å². The third kappa shape index (κ3) is 5.29. The average molecular weight is 521 g/mol. The molecule has 2 aromatic carbocycles. The molecular formula is C24H25ClN2O5S2. The van der Waals surface area contributed by atoms with E-state index >= 15 is 0 Å². The van der Waals surface area contributed by atoms with Crippen LogP contribution in [0, 0.1) is 0 Å². The minimum absolute atomic E-state index is 0.0327. The molecule has 0 spiro atoms. The van der Waals surface area contributed by atoms with Gasteiger partial charge in [0, 0.05) is 17.7 Å². The monoisotopic (exact) mass is 520 g/mol. The fraction of sp³-hybridized carbons (Fsp3) is 0.292. The summed E-state index contributed by atoms with van der Waals surface area (Å²) in [5, 5.41) is 13.9. The van der Waals surface area contributed by atoms with Crippen molar-refractivity contribution in [3.8, 4) is 5.75 Å². The van der Waals surface area contributed by atoms with Crippen molar-refractivity contribution >= 4 is 38.9 Å². The highest BCUT2D eigenvalue weighted by molar-refractivity contribution is 7.91. The molecule has 180 valence electrons. The van der Waals surface area contributed by atoms with E-state index < -0.39 is 27.8 Å². The fourth-order valence-corrected chi connectivity index (χ4v) is 6.52. The van der Waals surface area contributed by atoms with Gasteiger partial charge in [-0.2, -0.15) is 0 Å². The zero-order valence-corrected chi connectivity index (χ0v) is 21.0. The minimum atomic E-state index is -3.97. The number of rotatable bonds is 7. The number of carbonyl (C=O) groups excluding carboxylic acids is 1. The average Bonchev–Trinajstić information content (AvgIpc) is 3.24. The van der Waals surface area contributed by atoms with Crippen molar-refractivity contribution in [2.75, 3.05) is 6.54 Å². The van der Waals surface area contributed by atoms with Crippen molar-refractivity contribution in [1.29, 1.82) is 0 Å². The quantitative estimate of drug-likeness (QED) is 0.438. The van der Waals surface area contributed by atoms with Crippen LogP contribution in [0.25, 0.3) is 0 Å². The summed E-state index contributed by atoms with van der Waals surface area (Å²) in [5.41, 5.74) is 0.766. The van der Waals surface area contributed by atoms with E-state index in [2.05, 4.69) is 10.0 Å². The topological polar surface area (TPSA) is 105 Å². The number of ether oxygens (including phenoxy) is 1. The van der Waals surface area contributed by atoms with E-state index in [1.54, 1.807) is 32.0 Å². The Bertz CT molecular complexity index is 1290. The lowest BCUT2D eigenvalue weighted by molar-refractivity contribution is -0.0603. The summed E-state index contributed by atoms with van der Waals surface area (Å²) < 4.78 is 34.8. The first-order valence-electron chi connectivity index (χ1n) is 10.7. The Hall–Kier alpha value is -2.43. The number of hydrogen-bond donors (Lipinski definition) is 3. The maximum atomic E-state index is 13.0. The lowest BCUT2D eigenvalue weighted by Crippen LogP contribution is -2.53. The smallest absolute Gasteiger partial charge is 0.251 e. The summed E-state index contributed by atoms with van der Waals surface area (Å²) in [4.78, 5) is 12.8. The van der Waals surface area contributed by atoms with Crippen molar-refractivity contribution in [2.24, 2.45) is 0 Å². The molecule has 0 radical (unpaired) electrons. The number of amides is 1. The first kappa shape index (κ1) is 24.7. The molecule has 0 saturated carbocycles. The van der Waals surface area contributed by atoms with Crippen molar-refractivity contribution in [3.63, 3.8) is 0 Å². The van der Waals surface area contributed by atoms with Gasteiger partial charge in [0.25, 0.3) is 15.9 Å². The second-order valence-corrected chi connectivity index (χ2v) is 12.2. The molecule has 2 heterocycles. The maximum absolute atomic E-state index is 13.0. The van der Waals surface area contributed by atoms with Gasteiger partial charge in [-0.15, -0.1) is 11.3 Å². The van der Waals surface area contributed by atoms with Gasteiger partial charge in [0.15, 0.2) is 0 Å². The van der Waals surface area contributed by atoms with Gasteiger partial charge in [-0.25, -0.2) is 13.1 Å². The molecule has 0 fully saturated rings. The third-order valence-corrected chi connectivity index (χ3v) is 8.81. The number of carbonyl (C=O) groups is 1. The number of nitrogens with one attached hydrogen (secondary N) is 2. The minimum Gasteiger partial charge on any atom is -0.485 e. The van der Waals surface area contributed by atoms with Crippen LogP contribution in [0.5, 0.6) is 5.75 Å². The van der Waals surface area contributed by atoms with E-state index in [1.165, 1.54) is 12.1 Å². The SMILES string of the molecule is CC1(C)Oc2ccc(C(=O)NCCc3ccccc3)cc2[C@@H](NS(=O)(=O)c2ccc(Cl)s2)[C@@H]1O. The molecule has 34 heavy (non-hydrogen) atoms. The Morgan fingerprint density at radius 3 is 2.56 bits per heavy atom. The van der Waals surface area contributed by atoms with Crippen molar-refractivity contribution in [2.45, 2.75) is 42.2 Å². The molecule has 3 N–H and O–H groups in total. The Labute approximate surface area is 207 Å². The number of sulfonamides is 1. The standard InChI is InChI=1S/C24H25ClN2O5S2/c1-24(2)22(28)21(27-34(30,31)20-11-10-19(25)33-20)17-14-16(8-9-18(17)32-24)23(29)26-13-12-15-6-4-3-5-7-15/h3-11,14,21-22,27-28H,12-13H2,1-2H3,(H,26,29)/t21-,22+/m1/s1. The number of aliphatic hydroxyl groups excluding tert-OH is 1. The molecule has 0 aliphatic carbocycles. The number of benzene rings is 2. The van der Waals surface area contributed by atoms with E-state index in [4.69, 9.17) is 16.3 Å². The van der Waals surface area contributed by atoms with Crippen LogP contribution >= 0.6 is 22.9 Å². The number of halogens is 1. The normalized spacial score (nSPS) is 19.2. The van der Waals surface area contributed by atoms with Crippen LogP contribution in [-0.2, 0) is 16.4 Å². The molecule has 1 aliphatic rings. The van der Waals surface area contributed by atoms with E-state index in [1.807, 2.05) is 30.3 Å². The molecule has 0 bridgehead atoms. The summed E-state index contributed by atoms with van der Waals surface area (Å²) in [6, 6.07) is 16.5. The number of hydrogen-bond acceptors (Lipinski definition) is 6. The van der Waals surface area contributed by atoms with Gasteiger partial charge in [0.05, 0.1) is 10.4 Å². The van der Waals surface area contributed by atoms with Crippen LogP contribution in [0.3, 0.4) is 0 Å². The molecule has 0 unspecified atom stereocenters. The third-order valence-electron chi connectivity index (χ3n) is 5.65. The highest BCUT2D eigenvalue weighted by Gasteiger charge is 2.45. The van der Waals surface area contributed by atoms with Crippen LogP contribution < -0.4 is 14.8 Å². The van der Waals surface area contributed by atoms with Gasteiger partial charge in [-0.3, -0.25) is 4.79 Å². The fourth-order valence-electron chi connectivity index (χ4n) is 3.80. The summed E-state index contributed by atoms with van der Waals surface area (Å²) in [5.74, 6) is 0.0951. The van der Waals surface area contributed by atoms with Gasteiger partial charge in [0.1, 0.15) is 21.7 Å². The van der Waals surface area contributed by atoms with E-state index in [9.17, 15) is 18.3 Å². The lowest BCUT2D eigenvalue weighted by Gasteiger charge is -2.42. The molecule has 3 aromatic rings. The van der Waals surface area contributed by atoms with Crippen LogP contribution in [0.1, 0.15) is 41.4 Å². The molecule has 0 saturated heterocycles. The highest BCUT2D eigenvalue weighted by atomic mass is 35.5. The van der Waals surface area contributed by atoms with E-state index in [-0.39, 0.29) is 10.1 Å². The van der Waals surface area contributed by atoms with Gasteiger partial charge >= 0.3 is 0 Å². The molecule has 7 nitrogen and oxygen atoms in total. The van der Waals surface area contributed by atoms with E-state index in [0.29, 0.717) is 34.2 Å². The predicted octanol–water partition coefficient (Wildman–Crippen LogP) is 3.93. The lowest BCUT2D eigenvalue weighted by atomic mass is 9.86. The molecule has 4 rings (SSSR count). The van der Waals surface area contributed by atoms with E-state index in [0.717, 1.165) is 16.9 Å². The largest absolute Gasteiger partial charge is 0.485 e. The second-order valence-electron chi connectivity index (χ2n) is 8.55. The number of aliphatic hydroxyl groups is 1. The molecule has 1 amide bonds. The molecular weight excluding hydrogens is 496 g/mol. The highest BCUT2D eigenvalue weighted by Crippen LogP contribution is 2.41. The Kier molecular flexibility index (Phi) is 7.02. The maximum Gasteiger partial charge on any atom is 0.251 e. The molecule has 2 atom stereocenters. The Morgan fingerprint density at radius 2 is 1.88 bits per heavy atom. The van der Waals surface area contributed by atoms with Gasteiger partial charge in [0.2, 0.25) is 0 Å². The van der Waals surface area contributed by atoms with Crippen molar-refractivity contribution in [3.05, 3.63) is 81.7 Å². The van der Waals surface area contributed by atoms with Gasteiger partial charge < -0.3 is 15.2 Å². The van der Waals surface area contributed by atoms with Crippen molar-refractivity contribution < 1.29 is 23.1 Å². The summed E-state index contributed by atoms with van der Waals surface area (Å²) in [7, 11) is -3.97. The first-order chi connectivity index (χ1) is 16.1. The molecule has 1 aliphatic heterocycles. The Balaban J connectivity index is 1.58. The number of thiophene rings is 1. The summed E-state index contributed by atoms with van der Waals surface area (Å²) in [6.45, 7) is 3.80. The van der Waals surface area contributed by atoms with Crippen molar-refractivity contribution in [1.82, 2.24) is 10.0 Å². The zero-order valence-electron chi connectivity index (χ0n) is 18.6. The van der Waals surface area contributed by atoms with Crippen LogP contribution in [0.15, 0.2) is 64.9 Å². The second kappa shape index (κ2) is 9.67. The van der Waals surface area contributed by atoms with Crippen LogP contribution in [-0.4, -0.2) is 37.7 Å². The predicted molar refractivity (Wildman–Crippen MR) is 132 cm³/mol. The zero-order chi connectivity index (χ0) is 24.5. The molecule has 1 aromatic heterocycles.